The maximum Gasteiger partial charge on any atom is 0.240 e. The smallest absolute Gasteiger partial charge is 0.240 e. The van der Waals surface area contributed by atoms with E-state index in [9.17, 15) is 17.2 Å². The highest BCUT2D eigenvalue weighted by molar-refractivity contribution is 7.89. The standard InChI is InChI=1S/C18H18F2N6O2S/c1-25-10-12(9-22-25)17-4-6-21-18(23-17)26-7-5-13(11-26)24-29(27,28)14-2-3-15(19)16(20)8-14/h2-4,6,8-10,13,24H,5,7,11H2,1H3. The van der Waals surface area contributed by atoms with Crippen molar-refractivity contribution in [3.63, 3.8) is 0 Å². The molecule has 2 aromatic heterocycles. The molecule has 1 fully saturated rings. The fraction of sp³-hybridized carbons (Fsp3) is 0.278. The number of hydrogen-bond donors (Lipinski definition) is 1. The molecule has 11 heteroatoms. The third-order valence-corrected chi connectivity index (χ3v) is 6.16. The van der Waals surface area contributed by atoms with Crippen LogP contribution in [0.2, 0.25) is 0 Å². The molecule has 0 aliphatic carbocycles. The summed E-state index contributed by atoms with van der Waals surface area (Å²) in [5.41, 5.74) is 1.57. The third kappa shape index (κ3) is 4.10. The summed E-state index contributed by atoms with van der Waals surface area (Å²) in [7, 11) is -2.16. The van der Waals surface area contributed by atoms with Crippen LogP contribution in [-0.4, -0.2) is 47.3 Å². The Labute approximate surface area is 166 Å². The molecule has 3 aromatic rings. The second-order valence-corrected chi connectivity index (χ2v) is 8.49. The lowest BCUT2D eigenvalue weighted by Crippen LogP contribution is -2.37. The highest BCUT2D eigenvalue weighted by Gasteiger charge is 2.29. The Morgan fingerprint density at radius 3 is 2.76 bits per heavy atom. The van der Waals surface area contributed by atoms with E-state index in [-0.39, 0.29) is 4.90 Å². The van der Waals surface area contributed by atoms with E-state index in [0.717, 1.165) is 17.7 Å². The third-order valence-electron chi connectivity index (χ3n) is 4.64. The van der Waals surface area contributed by atoms with E-state index in [2.05, 4.69) is 19.8 Å². The molecule has 29 heavy (non-hydrogen) atoms. The maximum atomic E-state index is 13.4. The molecule has 1 aliphatic rings. The molecule has 1 unspecified atom stereocenters. The van der Waals surface area contributed by atoms with Gasteiger partial charge in [-0.1, -0.05) is 0 Å². The molecule has 1 aromatic carbocycles. The number of nitrogens with one attached hydrogen (secondary N) is 1. The number of nitrogens with zero attached hydrogens (tertiary/aromatic N) is 5. The summed E-state index contributed by atoms with van der Waals surface area (Å²) in [6.07, 6.45) is 5.72. The SMILES string of the molecule is Cn1cc(-c2ccnc(N3CCC(NS(=O)(=O)c4ccc(F)c(F)c4)C3)n2)cn1. The van der Waals surface area contributed by atoms with E-state index in [4.69, 9.17) is 0 Å². The van der Waals surface area contributed by atoms with E-state index < -0.39 is 27.7 Å². The average Bonchev–Trinajstić information content (AvgIpc) is 3.33. The van der Waals surface area contributed by atoms with Crippen LogP contribution in [0.5, 0.6) is 0 Å². The quantitative estimate of drug-likeness (QED) is 0.676. The van der Waals surface area contributed by atoms with Crippen molar-refractivity contribution in [2.75, 3.05) is 18.0 Å². The van der Waals surface area contributed by atoms with Crippen molar-refractivity contribution in [1.29, 1.82) is 0 Å². The van der Waals surface area contributed by atoms with Crippen LogP contribution in [0.15, 0.2) is 47.8 Å². The average molecular weight is 420 g/mol. The number of aryl methyl sites for hydroxylation is 1. The summed E-state index contributed by atoms with van der Waals surface area (Å²) >= 11 is 0. The predicted molar refractivity (Wildman–Crippen MR) is 102 cm³/mol. The minimum absolute atomic E-state index is 0.315. The molecule has 1 N–H and O–H groups in total. The van der Waals surface area contributed by atoms with Crippen LogP contribution in [0.25, 0.3) is 11.3 Å². The second kappa shape index (κ2) is 7.48. The highest BCUT2D eigenvalue weighted by atomic mass is 32.2. The van der Waals surface area contributed by atoms with Gasteiger partial charge in [0.2, 0.25) is 16.0 Å². The van der Waals surface area contributed by atoms with E-state index in [1.807, 2.05) is 18.1 Å². The first-order chi connectivity index (χ1) is 13.8. The minimum Gasteiger partial charge on any atom is -0.339 e. The summed E-state index contributed by atoms with van der Waals surface area (Å²) in [5.74, 6) is -1.82. The van der Waals surface area contributed by atoms with Gasteiger partial charge in [-0.2, -0.15) is 5.10 Å². The van der Waals surface area contributed by atoms with E-state index >= 15 is 0 Å². The van der Waals surface area contributed by atoms with Crippen LogP contribution < -0.4 is 9.62 Å². The number of aromatic nitrogens is 4. The lowest BCUT2D eigenvalue weighted by atomic mass is 10.2. The summed E-state index contributed by atoms with van der Waals surface area (Å²) in [6.45, 7) is 0.918. The first-order valence-electron chi connectivity index (χ1n) is 8.86. The van der Waals surface area contributed by atoms with Gasteiger partial charge in [0.05, 0.1) is 16.8 Å². The van der Waals surface area contributed by atoms with E-state index in [1.54, 1.807) is 23.1 Å². The Hall–Kier alpha value is -2.92. The molecule has 1 atom stereocenters. The minimum atomic E-state index is -3.97. The van der Waals surface area contributed by atoms with Gasteiger partial charge in [-0.15, -0.1) is 0 Å². The number of benzene rings is 1. The lowest BCUT2D eigenvalue weighted by molar-refractivity contribution is 0.503. The molecular formula is C18H18F2N6O2S. The molecule has 0 spiro atoms. The Morgan fingerprint density at radius 1 is 1.21 bits per heavy atom. The zero-order chi connectivity index (χ0) is 20.6. The van der Waals surface area contributed by atoms with Gasteiger partial charge < -0.3 is 4.90 Å². The van der Waals surface area contributed by atoms with Crippen molar-refractivity contribution in [1.82, 2.24) is 24.5 Å². The van der Waals surface area contributed by atoms with Crippen molar-refractivity contribution < 1.29 is 17.2 Å². The van der Waals surface area contributed by atoms with Crippen LogP contribution in [0.3, 0.4) is 0 Å². The Morgan fingerprint density at radius 2 is 2.03 bits per heavy atom. The van der Waals surface area contributed by atoms with Gasteiger partial charge in [0.1, 0.15) is 0 Å². The zero-order valence-electron chi connectivity index (χ0n) is 15.5. The van der Waals surface area contributed by atoms with Crippen molar-refractivity contribution in [3.05, 3.63) is 54.5 Å². The van der Waals surface area contributed by atoms with E-state index in [1.165, 1.54) is 0 Å². The fourth-order valence-electron chi connectivity index (χ4n) is 3.18. The molecule has 0 bridgehead atoms. The summed E-state index contributed by atoms with van der Waals surface area (Å²) < 4.78 is 55.6. The molecule has 4 rings (SSSR count). The molecule has 0 amide bonds. The van der Waals surface area contributed by atoms with Crippen LogP contribution in [0.4, 0.5) is 14.7 Å². The van der Waals surface area contributed by atoms with Crippen molar-refractivity contribution >= 4 is 16.0 Å². The molecule has 0 radical (unpaired) electrons. The largest absolute Gasteiger partial charge is 0.339 e. The number of sulfonamides is 1. The highest BCUT2D eigenvalue weighted by Crippen LogP contribution is 2.22. The molecule has 8 nitrogen and oxygen atoms in total. The Bertz CT molecular complexity index is 1150. The van der Waals surface area contributed by atoms with Gasteiger partial charge in [0.25, 0.3) is 0 Å². The van der Waals surface area contributed by atoms with Crippen LogP contribution in [-0.2, 0) is 17.1 Å². The topological polar surface area (TPSA) is 93.0 Å². The van der Waals surface area contributed by atoms with Crippen LogP contribution in [0.1, 0.15) is 6.42 Å². The number of rotatable bonds is 5. The molecule has 1 saturated heterocycles. The fourth-order valence-corrected chi connectivity index (χ4v) is 4.46. The predicted octanol–water partition coefficient (Wildman–Crippen LogP) is 1.71. The maximum absolute atomic E-state index is 13.4. The Kier molecular flexibility index (Phi) is 5.01. The number of anilines is 1. The van der Waals surface area contributed by atoms with Crippen LogP contribution >= 0.6 is 0 Å². The zero-order valence-corrected chi connectivity index (χ0v) is 16.3. The van der Waals surface area contributed by atoms with Gasteiger partial charge in [-0.25, -0.2) is 31.9 Å². The van der Waals surface area contributed by atoms with Gasteiger partial charge in [0.15, 0.2) is 11.6 Å². The molecule has 1 aliphatic heterocycles. The van der Waals surface area contributed by atoms with Gasteiger partial charge in [-0.3, -0.25) is 4.68 Å². The lowest BCUT2D eigenvalue weighted by Gasteiger charge is -2.17. The normalized spacial score (nSPS) is 17.1. The summed E-state index contributed by atoms with van der Waals surface area (Å²) in [4.78, 5) is 10.4. The molecular weight excluding hydrogens is 402 g/mol. The molecule has 0 saturated carbocycles. The van der Waals surface area contributed by atoms with Crippen molar-refractivity contribution in [3.8, 4) is 11.3 Å². The monoisotopic (exact) mass is 420 g/mol. The van der Waals surface area contributed by atoms with Crippen LogP contribution in [0, 0.1) is 11.6 Å². The second-order valence-electron chi connectivity index (χ2n) is 6.77. The molecule has 152 valence electrons. The molecule has 3 heterocycles. The first-order valence-corrected chi connectivity index (χ1v) is 10.3. The van der Waals surface area contributed by atoms with Gasteiger partial charge >= 0.3 is 0 Å². The van der Waals surface area contributed by atoms with Crippen molar-refractivity contribution in [2.24, 2.45) is 7.05 Å². The summed E-state index contributed by atoms with van der Waals surface area (Å²) in [5, 5.41) is 4.13. The summed E-state index contributed by atoms with van der Waals surface area (Å²) in [6, 6.07) is 3.88. The number of halogens is 2. The van der Waals surface area contributed by atoms with Gasteiger partial charge in [-0.05, 0) is 30.7 Å². The van der Waals surface area contributed by atoms with Crippen molar-refractivity contribution in [2.45, 2.75) is 17.4 Å². The number of hydrogen-bond acceptors (Lipinski definition) is 6. The van der Waals surface area contributed by atoms with E-state index in [0.29, 0.717) is 37.2 Å². The van der Waals surface area contributed by atoms with Gasteiger partial charge in [0, 0.05) is 44.1 Å². The first kappa shape index (κ1) is 19.4. The Balaban J connectivity index is 1.47.